The zero-order chi connectivity index (χ0) is 10.3. The molecule has 6 nitrogen and oxygen atoms in total. The maximum Gasteiger partial charge on any atom is 0.331 e. The number of hydrogen-bond donors (Lipinski definition) is 3. The first-order valence-corrected chi connectivity index (χ1v) is 4.18. The average molecular weight is 202 g/mol. The quantitative estimate of drug-likeness (QED) is 0.422. The van der Waals surface area contributed by atoms with Crippen molar-refractivity contribution in [2.75, 3.05) is 6.61 Å². The van der Waals surface area contributed by atoms with E-state index in [1.807, 2.05) is 0 Å². The largest absolute Gasteiger partial charge is 0.452 e. The van der Waals surface area contributed by atoms with Gasteiger partial charge in [-0.2, -0.15) is 0 Å². The molecule has 1 unspecified atom stereocenters. The molecule has 78 valence electrons. The van der Waals surface area contributed by atoms with Crippen LogP contribution in [0.4, 0.5) is 0 Å². The standard InChI is InChI=1S/C8H10O6/c9-2-4-7-3(1-5(10)14-7)6(11)8(12)13-4/h1,4,6-9,11-12H,2H2/t4-,6-,7+,8?/m1/s1. The molecule has 2 aliphatic heterocycles. The molecular formula is C8H10O6. The Hall–Kier alpha value is -0.950. The number of carbonyl (C=O) groups excluding carboxylic acids is 1. The van der Waals surface area contributed by atoms with Crippen LogP contribution >= 0.6 is 0 Å². The number of hydrogen-bond acceptors (Lipinski definition) is 6. The van der Waals surface area contributed by atoms with Crippen LogP contribution in [-0.2, 0) is 14.3 Å². The number of aliphatic hydroxyl groups excluding tert-OH is 3. The third kappa shape index (κ3) is 1.32. The summed E-state index contributed by atoms with van der Waals surface area (Å²) in [6, 6.07) is 0. The van der Waals surface area contributed by atoms with E-state index in [-0.39, 0.29) is 12.2 Å². The summed E-state index contributed by atoms with van der Waals surface area (Å²) in [5.41, 5.74) is 0.257. The molecule has 0 aromatic heterocycles. The van der Waals surface area contributed by atoms with Crippen molar-refractivity contribution in [3.8, 4) is 0 Å². The van der Waals surface area contributed by atoms with Gasteiger partial charge in [-0.25, -0.2) is 4.79 Å². The predicted octanol–water partition coefficient (Wildman–Crippen LogP) is -2.09. The van der Waals surface area contributed by atoms with Crippen LogP contribution in [0.3, 0.4) is 0 Å². The molecule has 1 fully saturated rings. The smallest absolute Gasteiger partial charge is 0.331 e. The lowest BCUT2D eigenvalue weighted by atomic mass is 9.97. The lowest BCUT2D eigenvalue weighted by Gasteiger charge is -2.34. The van der Waals surface area contributed by atoms with Crippen molar-refractivity contribution in [2.45, 2.75) is 24.6 Å². The maximum absolute atomic E-state index is 10.9. The highest BCUT2D eigenvalue weighted by Gasteiger charge is 2.45. The molecule has 0 bridgehead atoms. The fourth-order valence-electron chi connectivity index (χ4n) is 1.62. The van der Waals surface area contributed by atoms with Gasteiger partial charge in [-0.3, -0.25) is 0 Å². The lowest BCUT2D eigenvalue weighted by molar-refractivity contribution is -0.229. The van der Waals surface area contributed by atoms with Gasteiger partial charge in [-0.05, 0) is 0 Å². The summed E-state index contributed by atoms with van der Waals surface area (Å²) in [6.45, 7) is -0.390. The normalized spacial score (nSPS) is 41.6. The Balaban J connectivity index is 2.26. The number of esters is 1. The van der Waals surface area contributed by atoms with Crippen LogP contribution in [-0.4, -0.2) is 52.5 Å². The van der Waals surface area contributed by atoms with E-state index in [4.69, 9.17) is 14.6 Å². The van der Waals surface area contributed by atoms with E-state index in [2.05, 4.69) is 0 Å². The van der Waals surface area contributed by atoms with Gasteiger partial charge < -0.3 is 24.8 Å². The molecular weight excluding hydrogens is 192 g/mol. The van der Waals surface area contributed by atoms with E-state index >= 15 is 0 Å². The van der Waals surface area contributed by atoms with Crippen molar-refractivity contribution in [2.24, 2.45) is 0 Å². The average Bonchev–Trinajstić information content (AvgIpc) is 2.54. The van der Waals surface area contributed by atoms with Gasteiger partial charge in [-0.1, -0.05) is 0 Å². The first kappa shape index (κ1) is 9.60. The van der Waals surface area contributed by atoms with E-state index in [0.29, 0.717) is 0 Å². The van der Waals surface area contributed by atoms with Crippen molar-refractivity contribution < 1.29 is 29.6 Å². The minimum atomic E-state index is -1.43. The molecule has 0 aliphatic carbocycles. The number of carbonyl (C=O) groups is 1. The molecule has 2 rings (SSSR count). The summed E-state index contributed by atoms with van der Waals surface area (Å²) in [5.74, 6) is -0.597. The molecule has 0 saturated carbocycles. The van der Waals surface area contributed by atoms with E-state index < -0.39 is 30.6 Å². The Labute approximate surface area is 79.4 Å². The maximum atomic E-state index is 10.9. The second kappa shape index (κ2) is 3.32. The highest BCUT2D eigenvalue weighted by Crippen LogP contribution is 2.30. The number of rotatable bonds is 1. The Morgan fingerprint density at radius 1 is 1.43 bits per heavy atom. The zero-order valence-corrected chi connectivity index (χ0v) is 7.16. The number of fused-ring (bicyclic) bond motifs is 1. The Bertz CT molecular complexity index is 286. The van der Waals surface area contributed by atoms with Gasteiger partial charge in [-0.15, -0.1) is 0 Å². The monoisotopic (exact) mass is 202 g/mol. The van der Waals surface area contributed by atoms with Gasteiger partial charge in [0.2, 0.25) is 0 Å². The highest BCUT2D eigenvalue weighted by atomic mass is 16.7. The van der Waals surface area contributed by atoms with Gasteiger partial charge in [0.15, 0.2) is 12.4 Å². The molecule has 0 aromatic carbocycles. The Kier molecular flexibility index (Phi) is 2.28. The summed E-state index contributed by atoms with van der Waals surface area (Å²) in [7, 11) is 0. The summed E-state index contributed by atoms with van der Waals surface area (Å²) in [6.07, 6.45) is -3.18. The van der Waals surface area contributed by atoms with Crippen LogP contribution in [0.5, 0.6) is 0 Å². The predicted molar refractivity (Wildman–Crippen MR) is 41.9 cm³/mol. The van der Waals surface area contributed by atoms with Gasteiger partial charge in [0.1, 0.15) is 12.2 Å². The molecule has 1 saturated heterocycles. The van der Waals surface area contributed by atoms with Crippen LogP contribution in [0, 0.1) is 0 Å². The van der Waals surface area contributed by atoms with E-state index in [1.54, 1.807) is 0 Å². The van der Waals surface area contributed by atoms with E-state index in [1.165, 1.54) is 0 Å². The summed E-state index contributed by atoms with van der Waals surface area (Å²) < 4.78 is 9.65. The zero-order valence-electron chi connectivity index (χ0n) is 7.16. The van der Waals surface area contributed by atoms with Crippen LogP contribution in [0.15, 0.2) is 11.6 Å². The SMILES string of the molecule is O=C1C=C2[C@@H](O)C(O)O[C@H](CO)[C@H]2O1. The minimum Gasteiger partial charge on any atom is -0.452 e. The van der Waals surface area contributed by atoms with Crippen molar-refractivity contribution in [3.05, 3.63) is 11.6 Å². The minimum absolute atomic E-state index is 0.257. The first-order valence-electron chi connectivity index (χ1n) is 4.18. The van der Waals surface area contributed by atoms with Gasteiger partial charge in [0.25, 0.3) is 0 Å². The molecule has 0 spiro atoms. The first-order chi connectivity index (χ1) is 6.63. The van der Waals surface area contributed by atoms with Crippen molar-refractivity contribution in [1.82, 2.24) is 0 Å². The number of ether oxygens (including phenoxy) is 2. The molecule has 3 N–H and O–H groups in total. The van der Waals surface area contributed by atoms with Crippen molar-refractivity contribution >= 4 is 5.97 Å². The van der Waals surface area contributed by atoms with Gasteiger partial charge in [0, 0.05) is 11.6 Å². The van der Waals surface area contributed by atoms with Crippen molar-refractivity contribution in [3.63, 3.8) is 0 Å². The molecule has 0 amide bonds. The van der Waals surface area contributed by atoms with Crippen LogP contribution in [0.25, 0.3) is 0 Å². The fraction of sp³-hybridized carbons (Fsp3) is 0.625. The molecule has 6 heteroatoms. The third-order valence-corrected chi connectivity index (χ3v) is 2.30. The second-order valence-corrected chi connectivity index (χ2v) is 3.19. The lowest BCUT2D eigenvalue weighted by Crippen LogP contribution is -2.50. The van der Waals surface area contributed by atoms with Crippen LogP contribution < -0.4 is 0 Å². The van der Waals surface area contributed by atoms with Gasteiger partial charge >= 0.3 is 5.97 Å². The summed E-state index contributed by atoms with van der Waals surface area (Å²) >= 11 is 0. The highest BCUT2D eigenvalue weighted by molar-refractivity contribution is 5.86. The van der Waals surface area contributed by atoms with E-state index in [9.17, 15) is 15.0 Å². The Morgan fingerprint density at radius 2 is 2.14 bits per heavy atom. The van der Waals surface area contributed by atoms with Gasteiger partial charge in [0.05, 0.1) is 6.61 Å². The molecule has 2 aliphatic rings. The fourth-order valence-corrected chi connectivity index (χ4v) is 1.62. The summed E-state index contributed by atoms with van der Waals surface area (Å²) in [5, 5.41) is 27.5. The van der Waals surface area contributed by atoms with Crippen LogP contribution in [0.2, 0.25) is 0 Å². The summed E-state index contributed by atoms with van der Waals surface area (Å²) in [4.78, 5) is 10.9. The molecule has 0 aromatic rings. The third-order valence-electron chi connectivity index (χ3n) is 2.30. The second-order valence-electron chi connectivity index (χ2n) is 3.19. The molecule has 14 heavy (non-hydrogen) atoms. The molecule has 2 heterocycles. The Morgan fingerprint density at radius 3 is 2.79 bits per heavy atom. The topological polar surface area (TPSA) is 96.2 Å². The van der Waals surface area contributed by atoms with Crippen LogP contribution in [0.1, 0.15) is 0 Å². The number of aliphatic hydroxyl groups is 3. The molecule has 4 atom stereocenters. The van der Waals surface area contributed by atoms with Crippen molar-refractivity contribution in [1.29, 1.82) is 0 Å². The van der Waals surface area contributed by atoms with E-state index in [0.717, 1.165) is 6.08 Å². The molecule has 0 radical (unpaired) electrons.